The molecule has 2 aromatic rings. The van der Waals surface area contributed by atoms with Gasteiger partial charge in [-0.2, -0.15) is 0 Å². The SMILES string of the molecule is COC(=O)CNCC(c1ccccc1)c1cccc(C(=N)N)c1. The van der Waals surface area contributed by atoms with Gasteiger partial charge in [-0.1, -0.05) is 48.5 Å². The molecule has 1 unspecified atom stereocenters. The van der Waals surface area contributed by atoms with Gasteiger partial charge in [-0.25, -0.2) is 0 Å². The van der Waals surface area contributed by atoms with Gasteiger partial charge in [0.05, 0.1) is 13.7 Å². The summed E-state index contributed by atoms with van der Waals surface area (Å²) in [6, 6.07) is 17.7. The van der Waals surface area contributed by atoms with E-state index in [1.165, 1.54) is 7.11 Å². The van der Waals surface area contributed by atoms with Crippen molar-refractivity contribution in [2.24, 2.45) is 5.73 Å². The van der Waals surface area contributed by atoms with Crippen molar-refractivity contribution in [1.29, 1.82) is 5.41 Å². The van der Waals surface area contributed by atoms with Crippen LogP contribution in [0.5, 0.6) is 0 Å². The zero-order valence-electron chi connectivity index (χ0n) is 13.1. The van der Waals surface area contributed by atoms with Crippen molar-refractivity contribution in [3.63, 3.8) is 0 Å². The van der Waals surface area contributed by atoms with Crippen LogP contribution in [0.1, 0.15) is 22.6 Å². The van der Waals surface area contributed by atoms with Crippen LogP contribution < -0.4 is 11.1 Å². The van der Waals surface area contributed by atoms with Crippen molar-refractivity contribution in [2.45, 2.75) is 5.92 Å². The van der Waals surface area contributed by atoms with Crippen molar-refractivity contribution in [3.05, 3.63) is 71.3 Å². The van der Waals surface area contributed by atoms with Gasteiger partial charge in [0.25, 0.3) is 0 Å². The number of benzene rings is 2. The zero-order chi connectivity index (χ0) is 16.7. The van der Waals surface area contributed by atoms with Crippen LogP contribution >= 0.6 is 0 Å². The summed E-state index contributed by atoms with van der Waals surface area (Å²) in [7, 11) is 1.37. The molecular weight excluding hydrogens is 290 g/mol. The zero-order valence-corrected chi connectivity index (χ0v) is 13.1. The maximum atomic E-state index is 11.3. The molecule has 0 bridgehead atoms. The lowest BCUT2D eigenvalue weighted by Crippen LogP contribution is -2.28. The lowest BCUT2D eigenvalue weighted by atomic mass is 9.90. The van der Waals surface area contributed by atoms with Crippen molar-refractivity contribution < 1.29 is 9.53 Å². The first-order valence-corrected chi connectivity index (χ1v) is 7.38. The van der Waals surface area contributed by atoms with Gasteiger partial charge < -0.3 is 15.8 Å². The number of hydrogen-bond donors (Lipinski definition) is 3. The molecule has 4 N–H and O–H groups in total. The van der Waals surface area contributed by atoms with Crippen molar-refractivity contribution in [1.82, 2.24) is 5.32 Å². The monoisotopic (exact) mass is 311 g/mol. The normalized spacial score (nSPS) is 11.7. The molecule has 0 aliphatic carbocycles. The Morgan fingerprint density at radius 1 is 1.17 bits per heavy atom. The van der Waals surface area contributed by atoms with Crippen LogP contribution in [0.2, 0.25) is 0 Å². The van der Waals surface area contributed by atoms with Crippen LogP contribution in [0, 0.1) is 5.41 Å². The third kappa shape index (κ3) is 4.66. The molecule has 0 heterocycles. The van der Waals surface area contributed by atoms with E-state index < -0.39 is 0 Å². The lowest BCUT2D eigenvalue weighted by Gasteiger charge is -2.19. The van der Waals surface area contributed by atoms with E-state index in [0.717, 1.165) is 11.1 Å². The van der Waals surface area contributed by atoms with Gasteiger partial charge in [-0.05, 0) is 17.2 Å². The fraction of sp³-hybridized carbons (Fsp3) is 0.222. The number of ether oxygens (including phenoxy) is 1. The lowest BCUT2D eigenvalue weighted by molar-refractivity contribution is -0.139. The van der Waals surface area contributed by atoms with Crippen LogP contribution in [0.15, 0.2) is 54.6 Å². The van der Waals surface area contributed by atoms with E-state index in [1.54, 1.807) is 0 Å². The van der Waals surface area contributed by atoms with Crippen molar-refractivity contribution in [2.75, 3.05) is 20.2 Å². The number of methoxy groups -OCH3 is 1. The molecule has 0 amide bonds. The first-order chi connectivity index (χ1) is 11.1. The number of nitrogens with two attached hydrogens (primary N) is 1. The minimum Gasteiger partial charge on any atom is -0.468 e. The smallest absolute Gasteiger partial charge is 0.319 e. The molecular formula is C18H21N3O2. The highest BCUT2D eigenvalue weighted by Gasteiger charge is 2.15. The molecule has 0 saturated carbocycles. The largest absolute Gasteiger partial charge is 0.468 e. The molecule has 5 nitrogen and oxygen atoms in total. The predicted molar refractivity (Wildman–Crippen MR) is 90.6 cm³/mol. The molecule has 0 fully saturated rings. The highest BCUT2D eigenvalue weighted by molar-refractivity contribution is 5.95. The average molecular weight is 311 g/mol. The van der Waals surface area contributed by atoms with Crippen LogP contribution in [-0.4, -0.2) is 32.0 Å². The van der Waals surface area contributed by atoms with E-state index in [2.05, 4.69) is 10.1 Å². The second-order valence-electron chi connectivity index (χ2n) is 5.21. The Morgan fingerprint density at radius 2 is 1.87 bits per heavy atom. The highest BCUT2D eigenvalue weighted by atomic mass is 16.5. The molecule has 2 rings (SSSR count). The van der Waals surface area contributed by atoms with Crippen molar-refractivity contribution >= 4 is 11.8 Å². The molecule has 0 aromatic heterocycles. The van der Waals surface area contributed by atoms with Gasteiger partial charge in [0.2, 0.25) is 0 Å². The summed E-state index contributed by atoms with van der Waals surface area (Å²) in [4.78, 5) is 11.3. The topological polar surface area (TPSA) is 88.2 Å². The molecule has 23 heavy (non-hydrogen) atoms. The summed E-state index contributed by atoms with van der Waals surface area (Å²) < 4.78 is 4.65. The molecule has 0 saturated heterocycles. The maximum absolute atomic E-state index is 11.3. The first kappa shape index (κ1) is 16.7. The van der Waals surface area contributed by atoms with Gasteiger partial charge in [0.1, 0.15) is 5.84 Å². The van der Waals surface area contributed by atoms with Gasteiger partial charge in [0, 0.05) is 18.0 Å². The Labute approximate surface area is 136 Å². The van der Waals surface area contributed by atoms with Gasteiger partial charge in [-0.15, -0.1) is 0 Å². The molecule has 120 valence electrons. The van der Waals surface area contributed by atoms with E-state index in [9.17, 15) is 4.79 Å². The molecule has 0 aliphatic rings. The molecule has 0 spiro atoms. The minimum atomic E-state index is -0.297. The summed E-state index contributed by atoms with van der Waals surface area (Å²) in [6.45, 7) is 0.743. The Balaban J connectivity index is 2.24. The number of hydrogen-bond acceptors (Lipinski definition) is 4. The Kier molecular flexibility index (Phi) is 5.88. The Bertz CT molecular complexity index is 671. The Hall–Kier alpha value is -2.66. The van der Waals surface area contributed by atoms with Crippen LogP contribution in [0.3, 0.4) is 0 Å². The van der Waals surface area contributed by atoms with E-state index in [4.69, 9.17) is 11.1 Å². The molecule has 5 heteroatoms. The molecule has 1 atom stereocenters. The third-order valence-corrected chi connectivity index (χ3v) is 3.65. The minimum absolute atomic E-state index is 0.0428. The summed E-state index contributed by atoms with van der Waals surface area (Å²) in [5.41, 5.74) is 8.45. The summed E-state index contributed by atoms with van der Waals surface area (Å²) in [6.07, 6.45) is 0. The number of carbonyl (C=O) groups excluding carboxylic acids is 1. The number of esters is 1. The number of carbonyl (C=O) groups is 1. The molecule has 0 aliphatic heterocycles. The maximum Gasteiger partial charge on any atom is 0.319 e. The average Bonchev–Trinajstić information content (AvgIpc) is 2.59. The van der Waals surface area contributed by atoms with Gasteiger partial charge in [0.15, 0.2) is 0 Å². The second-order valence-corrected chi connectivity index (χ2v) is 5.21. The molecule has 0 radical (unpaired) electrons. The highest BCUT2D eigenvalue weighted by Crippen LogP contribution is 2.24. The number of rotatable bonds is 7. The fourth-order valence-corrected chi connectivity index (χ4v) is 2.43. The predicted octanol–water partition coefficient (Wildman–Crippen LogP) is 1.87. The van der Waals surface area contributed by atoms with E-state index >= 15 is 0 Å². The van der Waals surface area contributed by atoms with E-state index in [0.29, 0.717) is 12.1 Å². The van der Waals surface area contributed by atoms with Gasteiger partial charge in [-0.3, -0.25) is 10.2 Å². The van der Waals surface area contributed by atoms with Crippen LogP contribution in [0.25, 0.3) is 0 Å². The van der Waals surface area contributed by atoms with E-state index in [-0.39, 0.29) is 24.3 Å². The van der Waals surface area contributed by atoms with E-state index in [1.807, 2.05) is 54.6 Å². The summed E-state index contributed by atoms with van der Waals surface area (Å²) in [5, 5.41) is 10.7. The summed E-state index contributed by atoms with van der Waals surface area (Å²) in [5.74, 6) is -0.198. The van der Waals surface area contributed by atoms with Crippen molar-refractivity contribution in [3.8, 4) is 0 Å². The second kappa shape index (κ2) is 8.10. The number of nitrogen functional groups attached to an aromatic ring is 1. The van der Waals surface area contributed by atoms with Crippen LogP contribution in [-0.2, 0) is 9.53 Å². The first-order valence-electron chi connectivity index (χ1n) is 7.38. The van der Waals surface area contributed by atoms with Gasteiger partial charge >= 0.3 is 5.97 Å². The third-order valence-electron chi connectivity index (χ3n) is 3.65. The van der Waals surface area contributed by atoms with Crippen LogP contribution in [0.4, 0.5) is 0 Å². The number of amidine groups is 1. The fourth-order valence-electron chi connectivity index (χ4n) is 2.43. The Morgan fingerprint density at radius 3 is 2.52 bits per heavy atom. The quantitative estimate of drug-likeness (QED) is 0.414. The summed E-state index contributed by atoms with van der Waals surface area (Å²) >= 11 is 0. The molecule has 2 aromatic carbocycles. The standard InChI is InChI=1S/C18H21N3O2/c1-23-17(22)12-21-11-16(13-6-3-2-4-7-13)14-8-5-9-15(10-14)18(19)20/h2-10,16,21H,11-12H2,1H3,(H3,19,20). The number of nitrogens with one attached hydrogen (secondary N) is 2.